The minimum Gasteiger partial charge on any atom is -0.348 e. The second-order valence-corrected chi connectivity index (χ2v) is 6.89. The van der Waals surface area contributed by atoms with Crippen LogP contribution >= 0.6 is 0 Å². The van der Waals surface area contributed by atoms with E-state index in [1.165, 1.54) is 11.1 Å². The highest BCUT2D eigenvalue weighted by atomic mass is 16.2. The summed E-state index contributed by atoms with van der Waals surface area (Å²) in [6, 6.07) is 17.1. The number of fused-ring (bicyclic) bond motifs is 1. The van der Waals surface area contributed by atoms with Crippen LogP contribution in [0.15, 0.2) is 54.6 Å². The Hall–Kier alpha value is -2.66. The van der Waals surface area contributed by atoms with Crippen LogP contribution < -0.4 is 16.0 Å². The molecule has 3 atom stereocenters. The largest absolute Gasteiger partial charge is 0.348 e. The van der Waals surface area contributed by atoms with E-state index in [9.17, 15) is 9.59 Å². The summed E-state index contributed by atoms with van der Waals surface area (Å²) < 4.78 is 0. The maximum absolute atomic E-state index is 12.6. The highest BCUT2D eigenvalue weighted by Gasteiger charge is 2.29. The Morgan fingerprint density at radius 2 is 1.62 bits per heavy atom. The summed E-state index contributed by atoms with van der Waals surface area (Å²) in [7, 11) is 0. The Kier molecular flexibility index (Phi) is 5.68. The number of quaternary nitrogens is 1. The zero-order chi connectivity index (χ0) is 18.5. The third kappa shape index (κ3) is 4.29. The Morgan fingerprint density at radius 1 is 0.962 bits per heavy atom. The zero-order valence-electron chi connectivity index (χ0n) is 15.2. The molecular weight excluding hydrogens is 326 g/mol. The van der Waals surface area contributed by atoms with Crippen LogP contribution in [0.3, 0.4) is 0 Å². The second kappa shape index (κ2) is 8.15. The van der Waals surface area contributed by atoms with Crippen molar-refractivity contribution >= 4 is 11.8 Å². The van der Waals surface area contributed by atoms with E-state index in [1.807, 2.05) is 54.7 Å². The standard InChI is InChI=1S/C21H25N3O2/c1-14(16-8-4-3-5-9-16)23-20(25)15(2)24-21(26)19-12-17-10-6-7-11-18(17)13-22-19/h3-11,14-15,19,22H,12-13H2,1-2H3,(H,23,25)(H,24,26)/p+1/t14-,15+,19+/m1/s1. The molecule has 1 aliphatic rings. The number of hydrogen-bond donors (Lipinski definition) is 3. The van der Waals surface area contributed by atoms with Gasteiger partial charge in [-0.25, -0.2) is 0 Å². The summed E-state index contributed by atoms with van der Waals surface area (Å²) in [5, 5.41) is 7.85. The van der Waals surface area contributed by atoms with Gasteiger partial charge in [-0.1, -0.05) is 54.6 Å². The van der Waals surface area contributed by atoms with Gasteiger partial charge < -0.3 is 16.0 Å². The van der Waals surface area contributed by atoms with Gasteiger partial charge in [-0.05, 0) is 25.0 Å². The molecule has 4 N–H and O–H groups in total. The van der Waals surface area contributed by atoms with Crippen LogP contribution in [-0.4, -0.2) is 23.9 Å². The summed E-state index contributed by atoms with van der Waals surface area (Å²) in [5.41, 5.74) is 3.53. The van der Waals surface area contributed by atoms with Crippen LogP contribution in [0.25, 0.3) is 0 Å². The number of rotatable bonds is 5. The summed E-state index contributed by atoms with van der Waals surface area (Å²) in [6.07, 6.45) is 0.691. The summed E-state index contributed by atoms with van der Waals surface area (Å²) in [4.78, 5) is 25.0. The van der Waals surface area contributed by atoms with Crippen LogP contribution in [0, 0.1) is 0 Å². The van der Waals surface area contributed by atoms with Crippen LogP contribution in [0.4, 0.5) is 0 Å². The number of benzene rings is 2. The van der Waals surface area contributed by atoms with Crippen molar-refractivity contribution in [2.45, 2.75) is 44.9 Å². The first-order valence-corrected chi connectivity index (χ1v) is 9.10. The molecule has 136 valence electrons. The average Bonchev–Trinajstić information content (AvgIpc) is 2.68. The number of hydrogen-bond acceptors (Lipinski definition) is 2. The van der Waals surface area contributed by atoms with Gasteiger partial charge in [-0.15, -0.1) is 0 Å². The van der Waals surface area contributed by atoms with Crippen LogP contribution in [-0.2, 0) is 22.6 Å². The van der Waals surface area contributed by atoms with Crippen molar-refractivity contribution < 1.29 is 14.9 Å². The molecule has 0 fully saturated rings. The van der Waals surface area contributed by atoms with Gasteiger partial charge in [0.2, 0.25) is 5.91 Å². The van der Waals surface area contributed by atoms with E-state index in [0.29, 0.717) is 6.42 Å². The van der Waals surface area contributed by atoms with E-state index in [0.717, 1.165) is 12.1 Å². The number of carbonyl (C=O) groups excluding carboxylic acids is 2. The van der Waals surface area contributed by atoms with Gasteiger partial charge >= 0.3 is 0 Å². The highest BCUT2D eigenvalue weighted by Crippen LogP contribution is 2.13. The molecule has 2 aromatic rings. The first kappa shape index (κ1) is 18.1. The minimum atomic E-state index is -0.570. The third-order valence-corrected chi connectivity index (χ3v) is 4.93. The fourth-order valence-electron chi connectivity index (χ4n) is 3.29. The zero-order valence-corrected chi connectivity index (χ0v) is 15.2. The van der Waals surface area contributed by atoms with Gasteiger partial charge in [0.15, 0.2) is 6.04 Å². The Balaban J connectivity index is 1.53. The van der Waals surface area contributed by atoms with Crippen molar-refractivity contribution in [1.29, 1.82) is 0 Å². The summed E-state index contributed by atoms with van der Waals surface area (Å²) in [5.74, 6) is -0.263. The molecule has 2 aromatic carbocycles. The quantitative estimate of drug-likeness (QED) is 0.753. The van der Waals surface area contributed by atoms with Crippen LogP contribution in [0.2, 0.25) is 0 Å². The molecule has 3 rings (SSSR count). The topological polar surface area (TPSA) is 74.8 Å². The molecular formula is C21H26N3O2+. The minimum absolute atomic E-state index is 0.0884. The summed E-state index contributed by atoms with van der Waals surface area (Å²) >= 11 is 0. The first-order chi connectivity index (χ1) is 12.5. The van der Waals surface area contributed by atoms with Crippen molar-refractivity contribution in [2.75, 3.05) is 0 Å². The van der Waals surface area contributed by atoms with E-state index >= 15 is 0 Å². The summed E-state index contributed by atoms with van der Waals surface area (Å²) in [6.45, 7) is 4.45. The maximum Gasteiger partial charge on any atom is 0.279 e. The predicted molar refractivity (Wildman–Crippen MR) is 100 cm³/mol. The monoisotopic (exact) mass is 352 g/mol. The number of amides is 2. The molecule has 0 radical (unpaired) electrons. The van der Waals surface area contributed by atoms with Crippen LogP contribution in [0.1, 0.15) is 36.6 Å². The van der Waals surface area contributed by atoms with Crippen molar-refractivity contribution in [3.63, 3.8) is 0 Å². The first-order valence-electron chi connectivity index (χ1n) is 9.10. The van der Waals surface area contributed by atoms with E-state index < -0.39 is 6.04 Å². The van der Waals surface area contributed by atoms with Crippen molar-refractivity contribution in [1.82, 2.24) is 10.6 Å². The average molecular weight is 352 g/mol. The molecule has 1 aliphatic heterocycles. The Bertz CT molecular complexity index is 776. The normalized spacial score (nSPS) is 18.3. The SMILES string of the molecule is C[C@H](NC(=O)[C@@H]1Cc2ccccc2C[NH2+]1)C(=O)N[C@H](C)c1ccccc1. The molecule has 0 spiro atoms. The van der Waals surface area contributed by atoms with Gasteiger partial charge in [-0.2, -0.15) is 0 Å². The number of nitrogens with two attached hydrogens (primary N) is 1. The lowest BCUT2D eigenvalue weighted by atomic mass is 9.95. The van der Waals surface area contributed by atoms with Crippen LogP contribution in [0.5, 0.6) is 0 Å². The predicted octanol–water partition coefficient (Wildman–Crippen LogP) is 1.06. The van der Waals surface area contributed by atoms with E-state index in [4.69, 9.17) is 0 Å². The highest BCUT2D eigenvalue weighted by molar-refractivity contribution is 5.89. The molecule has 0 aromatic heterocycles. The lowest BCUT2D eigenvalue weighted by Crippen LogP contribution is -2.93. The van der Waals surface area contributed by atoms with Crippen molar-refractivity contribution in [2.24, 2.45) is 0 Å². The molecule has 1 heterocycles. The fraction of sp³-hybridized carbons (Fsp3) is 0.333. The van der Waals surface area contributed by atoms with E-state index in [1.54, 1.807) is 6.92 Å². The Labute approximate surface area is 154 Å². The molecule has 5 heteroatoms. The lowest BCUT2D eigenvalue weighted by molar-refractivity contribution is -0.695. The molecule has 26 heavy (non-hydrogen) atoms. The lowest BCUT2D eigenvalue weighted by Gasteiger charge is -2.24. The molecule has 0 bridgehead atoms. The van der Waals surface area contributed by atoms with Gasteiger partial charge in [0.05, 0.1) is 6.04 Å². The van der Waals surface area contributed by atoms with Gasteiger partial charge in [0.1, 0.15) is 12.6 Å². The maximum atomic E-state index is 12.6. The molecule has 5 nitrogen and oxygen atoms in total. The molecule has 0 unspecified atom stereocenters. The number of carbonyl (C=O) groups is 2. The molecule has 0 saturated heterocycles. The van der Waals surface area contributed by atoms with Gasteiger partial charge in [-0.3, -0.25) is 9.59 Å². The number of nitrogens with one attached hydrogen (secondary N) is 2. The molecule has 0 aliphatic carbocycles. The smallest absolute Gasteiger partial charge is 0.279 e. The fourth-order valence-corrected chi connectivity index (χ4v) is 3.29. The van der Waals surface area contributed by atoms with Crippen molar-refractivity contribution in [3.8, 4) is 0 Å². The van der Waals surface area contributed by atoms with Crippen molar-refractivity contribution in [3.05, 3.63) is 71.3 Å². The molecule has 2 amide bonds. The van der Waals surface area contributed by atoms with E-state index in [2.05, 4.69) is 22.8 Å². The molecule has 0 saturated carbocycles. The Morgan fingerprint density at radius 3 is 2.35 bits per heavy atom. The van der Waals surface area contributed by atoms with Gasteiger partial charge in [0.25, 0.3) is 5.91 Å². The second-order valence-electron chi connectivity index (χ2n) is 6.89. The van der Waals surface area contributed by atoms with Gasteiger partial charge in [0, 0.05) is 12.0 Å². The van der Waals surface area contributed by atoms with E-state index in [-0.39, 0.29) is 23.9 Å². The third-order valence-electron chi connectivity index (χ3n) is 4.93.